The molecular weight excluding hydrogens is 296 g/mol. The van der Waals surface area contributed by atoms with E-state index in [0.29, 0.717) is 4.88 Å². The molecule has 0 saturated heterocycles. The molecule has 0 fully saturated rings. The highest BCUT2D eigenvalue weighted by atomic mass is 32.1. The molecule has 0 bridgehead atoms. The Morgan fingerprint density at radius 3 is 2.59 bits per heavy atom. The zero-order valence-electron chi connectivity index (χ0n) is 11.8. The summed E-state index contributed by atoms with van der Waals surface area (Å²) in [5, 5.41) is 3.94. The summed E-state index contributed by atoms with van der Waals surface area (Å²) in [6, 6.07) is 17.2. The molecule has 110 valence electrons. The average molecular weight is 310 g/mol. The molecule has 0 aliphatic heterocycles. The van der Waals surface area contributed by atoms with Gasteiger partial charge in [-0.15, -0.1) is 11.3 Å². The molecule has 3 aromatic rings. The van der Waals surface area contributed by atoms with Gasteiger partial charge >= 0.3 is 5.97 Å². The number of ether oxygens (including phenoxy) is 1. The fraction of sp³-hybridized carbons (Fsp3) is 0.111. The maximum absolute atomic E-state index is 12.0. The molecule has 0 aliphatic carbocycles. The van der Waals surface area contributed by atoms with Gasteiger partial charge in [0.05, 0.1) is 11.3 Å². The van der Waals surface area contributed by atoms with Crippen LogP contribution in [0.3, 0.4) is 0 Å². The van der Waals surface area contributed by atoms with Crippen molar-refractivity contribution < 1.29 is 14.3 Å². The van der Waals surface area contributed by atoms with Crippen LogP contribution in [0.2, 0.25) is 0 Å². The van der Waals surface area contributed by atoms with Crippen molar-refractivity contribution in [2.75, 3.05) is 6.61 Å². The van der Waals surface area contributed by atoms with Gasteiger partial charge in [0.25, 0.3) is 0 Å². The van der Waals surface area contributed by atoms with Gasteiger partial charge in [0.2, 0.25) is 5.78 Å². The Hall–Kier alpha value is -2.46. The van der Waals surface area contributed by atoms with Crippen LogP contribution in [-0.4, -0.2) is 18.4 Å². The van der Waals surface area contributed by atoms with Crippen molar-refractivity contribution in [1.29, 1.82) is 0 Å². The molecular formula is C18H14O3S. The van der Waals surface area contributed by atoms with E-state index in [2.05, 4.69) is 0 Å². The number of carbonyl (C=O) groups is 2. The Morgan fingerprint density at radius 2 is 1.77 bits per heavy atom. The van der Waals surface area contributed by atoms with E-state index in [9.17, 15) is 9.59 Å². The molecule has 3 nitrogen and oxygen atoms in total. The van der Waals surface area contributed by atoms with Crippen LogP contribution in [0.5, 0.6) is 0 Å². The summed E-state index contributed by atoms with van der Waals surface area (Å²) in [5.74, 6) is -0.553. The van der Waals surface area contributed by atoms with Crippen molar-refractivity contribution in [3.05, 3.63) is 70.4 Å². The third-order valence-corrected chi connectivity index (χ3v) is 4.29. The molecule has 4 heteroatoms. The fourth-order valence-corrected chi connectivity index (χ4v) is 2.96. The zero-order valence-corrected chi connectivity index (χ0v) is 12.6. The Balaban J connectivity index is 1.65. The summed E-state index contributed by atoms with van der Waals surface area (Å²) in [4.78, 5) is 24.4. The normalized spacial score (nSPS) is 10.5. The van der Waals surface area contributed by atoms with E-state index in [4.69, 9.17) is 4.74 Å². The molecule has 22 heavy (non-hydrogen) atoms. The first-order valence-electron chi connectivity index (χ1n) is 6.93. The van der Waals surface area contributed by atoms with Crippen molar-refractivity contribution in [2.45, 2.75) is 6.42 Å². The van der Waals surface area contributed by atoms with E-state index in [1.165, 1.54) is 11.3 Å². The molecule has 2 aromatic carbocycles. The number of Topliss-reactive ketones (excluding diaryl/α,β-unsaturated/α-hetero) is 1. The molecule has 0 aliphatic rings. The van der Waals surface area contributed by atoms with E-state index < -0.39 is 0 Å². The average Bonchev–Trinajstić information content (AvgIpc) is 3.07. The van der Waals surface area contributed by atoms with Crippen LogP contribution < -0.4 is 0 Å². The monoisotopic (exact) mass is 310 g/mol. The van der Waals surface area contributed by atoms with Crippen LogP contribution >= 0.6 is 11.3 Å². The summed E-state index contributed by atoms with van der Waals surface area (Å²) in [6.07, 6.45) is 0.166. The molecule has 0 spiro atoms. The van der Waals surface area contributed by atoms with E-state index >= 15 is 0 Å². The molecule has 1 aromatic heterocycles. The maximum Gasteiger partial charge on any atom is 0.310 e. The van der Waals surface area contributed by atoms with Gasteiger partial charge in [0.15, 0.2) is 6.61 Å². The lowest BCUT2D eigenvalue weighted by atomic mass is 10.0. The number of rotatable bonds is 5. The van der Waals surface area contributed by atoms with E-state index in [0.717, 1.165) is 16.3 Å². The number of thiophene rings is 1. The third-order valence-electron chi connectivity index (χ3n) is 3.37. The van der Waals surface area contributed by atoms with Crippen molar-refractivity contribution in [2.24, 2.45) is 0 Å². The predicted molar refractivity (Wildman–Crippen MR) is 87.3 cm³/mol. The molecule has 0 N–H and O–H groups in total. The Bertz CT molecular complexity index is 801. The minimum atomic E-state index is -0.388. The quantitative estimate of drug-likeness (QED) is 0.531. The lowest BCUT2D eigenvalue weighted by Crippen LogP contribution is -2.15. The van der Waals surface area contributed by atoms with Crippen LogP contribution in [-0.2, 0) is 16.0 Å². The topological polar surface area (TPSA) is 43.4 Å². The van der Waals surface area contributed by atoms with Gasteiger partial charge < -0.3 is 4.74 Å². The zero-order chi connectivity index (χ0) is 15.4. The summed E-state index contributed by atoms with van der Waals surface area (Å²) in [5.41, 5.74) is 0.909. The first-order chi connectivity index (χ1) is 10.7. The number of benzene rings is 2. The van der Waals surface area contributed by atoms with E-state index in [-0.39, 0.29) is 24.8 Å². The second-order valence-electron chi connectivity index (χ2n) is 4.88. The summed E-state index contributed by atoms with van der Waals surface area (Å²) >= 11 is 1.35. The van der Waals surface area contributed by atoms with Gasteiger partial charge in [0, 0.05) is 0 Å². The Kier molecular flexibility index (Phi) is 4.30. The van der Waals surface area contributed by atoms with E-state index in [1.54, 1.807) is 12.1 Å². The minimum absolute atomic E-state index is 0.165. The second kappa shape index (κ2) is 6.54. The summed E-state index contributed by atoms with van der Waals surface area (Å²) in [7, 11) is 0. The molecule has 0 radical (unpaired) electrons. The van der Waals surface area contributed by atoms with Crippen LogP contribution in [0.15, 0.2) is 60.0 Å². The van der Waals surface area contributed by atoms with Gasteiger partial charge in [-0.3, -0.25) is 9.59 Å². The van der Waals surface area contributed by atoms with Gasteiger partial charge in [-0.05, 0) is 27.8 Å². The van der Waals surface area contributed by atoms with Gasteiger partial charge in [-0.2, -0.15) is 0 Å². The van der Waals surface area contributed by atoms with Gasteiger partial charge in [0.1, 0.15) is 0 Å². The van der Waals surface area contributed by atoms with Crippen molar-refractivity contribution >= 4 is 33.9 Å². The number of fused-ring (bicyclic) bond motifs is 1. The molecule has 0 unspecified atom stereocenters. The number of ketones is 1. The minimum Gasteiger partial charge on any atom is -0.457 e. The molecule has 0 atom stereocenters. The van der Waals surface area contributed by atoms with Gasteiger partial charge in [-0.1, -0.05) is 48.5 Å². The highest BCUT2D eigenvalue weighted by Crippen LogP contribution is 2.19. The number of hydrogen-bond acceptors (Lipinski definition) is 4. The van der Waals surface area contributed by atoms with Crippen LogP contribution in [0.25, 0.3) is 10.8 Å². The first kappa shape index (κ1) is 14.5. The van der Waals surface area contributed by atoms with Crippen molar-refractivity contribution in [3.8, 4) is 0 Å². The molecule has 0 amide bonds. The lowest BCUT2D eigenvalue weighted by Gasteiger charge is -2.07. The summed E-state index contributed by atoms with van der Waals surface area (Å²) in [6.45, 7) is -0.204. The summed E-state index contributed by atoms with van der Waals surface area (Å²) < 4.78 is 5.10. The number of esters is 1. The smallest absolute Gasteiger partial charge is 0.310 e. The SMILES string of the molecule is O=C(Cc1cccc2ccccc12)OCC(=O)c1cccs1. The predicted octanol–water partition coefficient (Wildman–Crippen LogP) is 3.87. The Labute approximate surface area is 132 Å². The number of carbonyl (C=O) groups excluding carboxylic acids is 2. The largest absolute Gasteiger partial charge is 0.457 e. The van der Waals surface area contributed by atoms with E-state index in [1.807, 2.05) is 47.8 Å². The third kappa shape index (κ3) is 3.23. The Morgan fingerprint density at radius 1 is 0.955 bits per heavy atom. The molecule has 3 rings (SSSR count). The van der Waals surface area contributed by atoms with Crippen molar-refractivity contribution in [1.82, 2.24) is 0 Å². The fourth-order valence-electron chi connectivity index (χ4n) is 2.31. The van der Waals surface area contributed by atoms with Crippen LogP contribution in [0, 0.1) is 0 Å². The standard InChI is InChI=1S/C18H14O3S/c19-16(17-9-4-10-22-17)12-21-18(20)11-14-7-3-6-13-5-1-2-8-15(13)14/h1-10H,11-12H2. The highest BCUT2D eigenvalue weighted by Gasteiger charge is 2.12. The molecule has 1 heterocycles. The molecule has 0 saturated carbocycles. The maximum atomic E-state index is 12.0. The van der Waals surface area contributed by atoms with Crippen LogP contribution in [0.4, 0.5) is 0 Å². The second-order valence-corrected chi connectivity index (χ2v) is 5.82. The highest BCUT2D eigenvalue weighted by molar-refractivity contribution is 7.12. The number of hydrogen-bond donors (Lipinski definition) is 0. The first-order valence-corrected chi connectivity index (χ1v) is 7.81. The van der Waals surface area contributed by atoms with Gasteiger partial charge in [-0.25, -0.2) is 0 Å². The lowest BCUT2D eigenvalue weighted by molar-refractivity contribution is -0.141. The van der Waals surface area contributed by atoms with Crippen molar-refractivity contribution in [3.63, 3.8) is 0 Å². The van der Waals surface area contributed by atoms with Crippen LogP contribution in [0.1, 0.15) is 15.2 Å².